The van der Waals surface area contributed by atoms with Crippen LogP contribution in [-0.4, -0.2) is 21.9 Å². The number of anilines is 1. The van der Waals surface area contributed by atoms with Crippen LogP contribution in [0.2, 0.25) is 0 Å². The number of amides is 1. The maximum absolute atomic E-state index is 14.4. The molecule has 1 fully saturated rings. The van der Waals surface area contributed by atoms with Crippen molar-refractivity contribution in [3.63, 3.8) is 0 Å². The van der Waals surface area contributed by atoms with Gasteiger partial charge in [0, 0.05) is 17.6 Å². The summed E-state index contributed by atoms with van der Waals surface area (Å²) < 4.78 is 13.9. The minimum Gasteiger partial charge on any atom is -0.309 e. The van der Waals surface area contributed by atoms with Crippen LogP contribution >= 0.6 is 0 Å². The van der Waals surface area contributed by atoms with Crippen molar-refractivity contribution < 1.29 is 9.18 Å². The fourth-order valence-corrected chi connectivity index (χ4v) is 6.12. The standard InChI is InChI=1S/C24H22FN5O/c1-13-4-5-14-10-15(25)6-7-19(14)30(13)22(31)24-9-8-16(23(24,2)3)20-21(24)29-18(12-27)17(11-26)28-20/h6-7,10,13,16H,4-5,8-9H2,1-3H3/t13-,16-,24+/m1/s1. The molecular formula is C24H22FN5O. The Morgan fingerprint density at radius 3 is 2.61 bits per heavy atom. The quantitative estimate of drug-likeness (QED) is 0.704. The maximum atomic E-state index is 14.4. The minimum atomic E-state index is -0.934. The number of nitrogens with zero attached hydrogens (tertiary/aromatic N) is 5. The first kappa shape index (κ1) is 19.6. The van der Waals surface area contributed by atoms with Gasteiger partial charge in [-0.2, -0.15) is 10.5 Å². The fraction of sp³-hybridized carbons (Fsp3) is 0.458. The number of carbonyl (C=O) groups is 1. The van der Waals surface area contributed by atoms with E-state index < -0.39 is 10.8 Å². The summed E-state index contributed by atoms with van der Waals surface area (Å²) in [7, 11) is 0. The van der Waals surface area contributed by atoms with Gasteiger partial charge in [0.15, 0.2) is 11.4 Å². The number of halogens is 1. The molecule has 1 aromatic heterocycles. The summed E-state index contributed by atoms with van der Waals surface area (Å²) in [4.78, 5) is 25.2. The molecule has 1 aromatic carbocycles. The van der Waals surface area contributed by atoms with Gasteiger partial charge >= 0.3 is 0 Å². The summed E-state index contributed by atoms with van der Waals surface area (Å²) in [6, 6.07) is 8.49. The third kappa shape index (κ3) is 2.32. The van der Waals surface area contributed by atoms with E-state index in [1.807, 2.05) is 24.0 Å². The van der Waals surface area contributed by atoms with Gasteiger partial charge in [0.25, 0.3) is 0 Å². The molecule has 31 heavy (non-hydrogen) atoms. The first-order chi connectivity index (χ1) is 14.8. The number of nitriles is 2. The van der Waals surface area contributed by atoms with Crippen LogP contribution in [0, 0.1) is 33.9 Å². The molecular weight excluding hydrogens is 393 g/mol. The molecule has 1 amide bonds. The van der Waals surface area contributed by atoms with E-state index in [9.17, 15) is 19.7 Å². The van der Waals surface area contributed by atoms with Crippen molar-refractivity contribution in [2.45, 2.75) is 63.8 Å². The molecule has 0 N–H and O–H groups in total. The Morgan fingerprint density at radius 2 is 1.90 bits per heavy atom. The lowest BCUT2D eigenvalue weighted by Crippen LogP contribution is -2.55. The smallest absolute Gasteiger partial charge is 0.240 e. The summed E-state index contributed by atoms with van der Waals surface area (Å²) in [5, 5.41) is 18.9. The Bertz CT molecular complexity index is 1220. The van der Waals surface area contributed by atoms with E-state index in [0.29, 0.717) is 17.8 Å². The average Bonchev–Trinajstić information content (AvgIpc) is 3.13. The Kier molecular flexibility index (Phi) is 4.02. The van der Waals surface area contributed by atoms with Crippen LogP contribution in [0.15, 0.2) is 18.2 Å². The largest absolute Gasteiger partial charge is 0.309 e. The van der Waals surface area contributed by atoms with E-state index in [0.717, 1.165) is 30.5 Å². The number of aromatic nitrogens is 2. The average molecular weight is 415 g/mol. The molecule has 5 rings (SSSR count). The summed E-state index contributed by atoms with van der Waals surface area (Å²) in [5.74, 6) is -0.381. The van der Waals surface area contributed by atoms with Gasteiger partial charge in [-0.05, 0) is 61.8 Å². The SMILES string of the molecule is C[C@@H]1CCc2cc(F)ccc2N1C(=O)[C@]12CC[C@H](c3nc(C#N)c(C#N)nc31)C2(C)C. The summed E-state index contributed by atoms with van der Waals surface area (Å²) in [6.45, 7) is 6.13. The summed E-state index contributed by atoms with van der Waals surface area (Å²) >= 11 is 0. The molecule has 6 nitrogen and oxygen atoms in total. The molecule has 2 aromatic rings. The van der Waals surface area contributed by atoms with Crippen LogP contribution in [0.4, 0.5) is 10.1 Å². The normalized spacial score (nSPS) is 27.2. The highest BCUT2D eigenvalue weighted by molar-refractivity contribution is 6.04. The zero-order chi connectivity index (χ0) is 22.1. The van der Waals surface area contributed by atoms with Crippen molar-refractivity contribution in [1.82, 2.24) is 9.97 Å². The van der Waals surface area contributed by atoms with Gasteiger partial charge in [0.2, 0.25) is 5.91 Å². The molecule has 3 atom stereocenters. The van der Waals surface area contributed by atoms with Crippen LogP contribution < -0.4 is 4.90 Å². The molecule has 2 bridgehead atoms. The Balaban J connectivity index is 1.72. The van der Waals surface area contributed by atoms with Gasteiger partial charge in [-0.25, -0.2) is 14.4 Å². The fourth-order valence-electron chi connectivity index (χ4n) is 6.12. The summed E-state index contributed by atoms with van der Waals surface area (Å²) in [6.07, 6.45) is 2.85. The summed E-state index contributed by atoms with van der Waals surface area (Å²) in [5.41, 5.74) is 1.36. The van der Waals surface area contributed by atoms with E-state index in [1.54, 1.807) is 6.07 Å². The molecule has 0 spiro atoms. The van der Waals surface area contributed by atoms with Crippen LogP contribution in [-0.2, 0) is 16.6 Å². The zero-order valence-corrected chi connectivity index (χ0v) is 17.7. The number of hydrogen-bond acceptors (Lipinski definition) is 5. The Morgan fingerprint density at radius 1 is 1.19 bits per heavy atom. The van der Waals surface area contributed by atoms with Crippen LogP contribution in [0.3, 0.4) is 0 Å². The van der Waals surface area contributed by atoms with Crippen molar-refractivity contribution in [1.29, 1.82) is 10.5 Å². The molecule has 0 unspecified atom stereocenters. The first-order valence-corrected chi connectivity index (χ1v) is 10.6. The molecule has 3 aliphatic rings. The molecule has 156 valence electrons. The van der Waals surface area contributed by atoms with Gasteiger partial charge in [0.1, 0.15) is 18.0 Å². The van der Waals surface area contributed by atoms with Crippen molar-refractivity contribution in [3.8, 4) is 12.1 Å². The predicted molar refractivity (Wildman–Crippen MR) is 111 cm³/mol. The predicted octanol–water partition coefficient (Wildman–Crippen LogP) is 3.88. The van der Waals surface area contributed by atoms with E-state index in [-0.39, 0.29) is 35.1 Å². The number of hydrogen-bond donors (Lipinski definition) is 0. The monoisotopic (exact) mass is 415 g/mol. The lowest BCUT2D eigenvalue weighted by molar-refractivity contribution is -0.127. The van der Waals surface area contributed by atoms with E-state index in [1.165, 1.54) is 12.1 Å². The molecule has 0 saturated heterocycles. The molecule has 1 saturated carbocycles. The van der Waals surface area contributed by atoms with Gasteiger partial charge in [-0.15, -0.1) is 0 Å². The highest BCUT2D eigenvalue weighted by atomic mass is 19.1. The number of rotatable bonds is 1. The third-order valence-electron chi connectivity index (χ3n) is 7.81. The van der Waals surface area contributed by atoms with Gasteiger partial charge in [-0.3, -0.25) is 4.79 Å². The number of carbonyl (C=O) groups excluding carboxylic acids is 1. The highest BCUT2D eigenvalue weighted by Crippen LogP contribution is 2.67. The lowest BCUT2D eigenvalue weighted by Gasteiger charge is -2.44. The van der Waals surface area contributed by atoms with E-state index in [2.05, 4.69) is 23.8 Å². The second-order valence-corrected chi connectivity index (χ2v) is 9.43. The van der Waals surface area contributed by atoms with E-state index >= 15 is 0 Å². The topological polar surface area (TPSA) is 93.7 Å². The maximum Gasteiger partial charge on any atom is 0.240 e. The molecule has 2 aliphatic carbocycles. The number of benzene rings is 1. The highest BCUT2D eigenvalue weighted by Gasteiger charge is 2.69. The van der Waals surface area contributed by atoms with Crippen molar-refractivity contribution >= 4 is 11.6 Å². The lowest BCUT2D eigenvalue weighted by atomic mass is 9.67. The molecule has 7 heteroatoms. The molecule has 0 radical (unpaired) electrons. The Labute approximate surface area is 180 Å². The van der Waals surface area contributed by atoms with Crippen molar-refractivity contribution in [2.75, 3.05) is 4.90 Å². The number of aryl methyl sites for hydroxylation is 1. The second kappa shape index (κ2) is 6.34. The van der Waals surface area contributed by atoms with Crippen molar-refractivity contribution in [3.05, 3.63) is 52.4 Å². The van der Waals surface area contributed by atoms with Crippen LogP contribution in [0.25, 0.3) is 0 Å². The van der Waals surface area contributed by atoms with Crippen LogP contribution in [0.5, 0.6) is 0 Å². The zero-order valence-electron chi connectivity index (χ0n) is 17.7. The van der Waals surface area contributed by atoms with Gasteiger partial charge in [-0.1, -0.05) is 13.8 Å². The van der Waals surface area contributed by atoms with E-state index in [4.69, 9.17) is 0 Å². The third-order valence-corrected chi connectivity index (χ3v) is 7.81. The number of fused-ring (bicyclic) bond motifs is 6. The minimum absolute atomic E-state index is 0.00780. The van der Waals surface area contributed by atoms with Gasteiger partial charge in [0.05, 0.1) is 16.8 Å². The van der Waals surface area contributed by atoms with Gasteiger partial charge < -0.3 is 4.90 Å². The van der Waals surface area contributed by atoms with Crippen molar-refractivity contribution in [2.24, 2.45) is 5.41 Å². The molecule has 1 aliphatic heterocycles. The van der Waals surface area contributed by atoms with Crippen LogP contribution in [0.1, 0.15) is 74.3 Å². The Hall–Kier alpha value is -3.32. The second-order valence-electron chi connectivity index (χ2n) is 9.43. The first-order valence-electron chi connectivity index (χ1n) is 10.6. The molecule has 2 heterocycles.